The van der Waals surface area contributed by atoms with Gasteiger partial charge in [-0.05, 0) is 12.0 Å². The molecule has 1 aromatic rings. The van der Waals surface area contributed by atoms with Gasteiger partial charge in [-0.15, -0.1) is 0 Å². The van der Waals surface area contributed by atoms with Crippen LogP contribution in [0.3, 0.4) is 0 Å². The minimum Gasteiger partial charge on any atom is -0.480 e. The van der Waals surface area contributed by atoms with Gasteiger partial charge in [0.1, 0.15) is 0 Å². The Morgan fingerprint density at radius 1 is 1.35 bits per heavy atom. The van der Waals surface area contributed by atoms with E-state index in [1.807, 2.05) is 30.3 Å². The van der Waals surface area contributed by atoms with Crippen LogP contribution in [-0.2, 0) is 4.79 Å². The molecule has 20 heavy (non-hydrogen) atoms. The molecular formula is C14H18N2O4. The first-order chi connectivity index (χ1) is 9.61. The second kappa shape index (κ2) is 6.38. The van der Waals surface area contributed by atoms with Crippen molar-refractivity contribution in [1.29, 1.82) is 0 Å². The van der Waals surface area contributed by atoms with Crippen LogP contribution in [0.25, 0.3) is 0 Å². The van der Waals surface area contributed by atoms with Crippen molar-refractivity contribution in [1.82, 2.24) is 10.2 Å². The molecule has 2 atom stereocenters. The number of urea groups is 1. The van der Waals surface area contributed by atoms with Crippen LogP contribution in [0.2, 0.25) is 0 Å². The molecule has 1 saturated heterocycles. The monoisotopic (exact) mass is 278 g/mol. The Kier molecular flexibility index (Phi) is 4.57. The van der Waals surface area contributed by atoms with Crippen LogP contribution in [0.4, 0.5) is 4.79 Å². The number of rotatable bonds is 4. The second-order valence-electron chi connectivity index (χ2n) is 4.87. The van der Waals surface area contributed by atoms with Crippen molar-refractivity contribution in [3.8, 4) is 0 Å². The summed E-state index contributed by atoms with van der Waals surface area (Å²) in [6, 6.07) is 8.23. The summed E-state index contributed by atoms with van der Waals surface area (Å²) in [7, 11) is 0. The number of hydrogen-bond donors (Lipinski definition) is 3. The van der Waals surface area contributed by atoms with E-state index in [1.54, 1.807) is 4.90 Å². The molecule has 6 heteroatoms. The van der Waals surface area contributed by atoms with Crippen molar-refractivity contribution in [3.05, 3.63) is 35.9 Å². The first-order valence-electron chi connectivity index (χ1n) is 6.56. The number of amides is 2. The lowest BCUT2D eigenvalue weighted by Gasteiger charge is -2.20. The van der Waals surface area contributed by atoms with Crippen LogP contribution < -0.4 is 5.32 Å². The van der Waals surface area contributed by atoms with Crippen LogP contribution in [0.15, 0.2) is 30.3 Å². The number of carbonyl (C=O) groups excluding carboxylic acids is 1. The number of aliphatic hydroxyl groups excluding tert-OH is 1. The summed E-state index contributed by atoms with van der Waals surface area (Å²) in [6.07, 6.45) is 0.855. The van der Waals surface area contributed by atoms with Crippen molar-refractivity contribution < 1.29 is 19.8 Å². The molecule has 2 rings (SSSR count). The number of nitrogens with one attached hydrogen (secondary N) is 1. The predicted molar refractivity (Wildman–Crippen MR) is 72.4 cm³/mol. The minimum absolute atomic E-state index is 0.277. The van der Waals surface area contributed by atoms with Gasteiger partial charge >= 0.3 is 12.0 Å². The predicted octanol–water partition coefficient (Wildman–Crippen LogP) is 0.631. The Morgan fingerprint density at radius 2 is 2.05 bits per heavy atom. The maximum absolute atomic E-state index is 11.9. The maximum atomic E-state index is 11.9. The fraction of sp³-hybridized carbons (Fsp3) is 0.429. The van der Waals surface area contributed by atoms with Gasteiger partial charge < -0.3 is 20.4 Å². The molecule has 1 fully saturated rings. The van der Waals surface area contributed by atoms with Gasteiger partial charge in [0.2, 0.25) is 0 Å². The molecule has 0 spiro atoms. The van der Waals surface area contributed by atoms with E-state index >= 15 is 0 Å². The van der Waals surface area contributed by atoms with Crippen LogP contribution in [-0.4, -0.2) is 52.9 Å². The lowest BCUT2D eigenvalue weighted by molar-refractivity contribution is -0.140. The van der Waals surface area contributed by atoms with Crippen LogP contribution in [0, 0.1) is 0 Å². The Balaban J connectivity index is 1.92. The molecule has 1 heterocycles. The van der Waals surface area contributed by atoms with Crippen molar-refractivity contribution >= 4 is 12.0 Å². The zero-order chi connectivity index (χ0) is 14.5. The highest BCUT2D eigenvalue weighted by Gasteiger charge is 2.29. The van der Waals surface area contributed by atoms with Crippen molar-refractivity contribution in [3.63, 3.8) is 0 Å². The molecule has 0 bridgehead atoms. The van der Waals surface area contributed by atoms with Crippen LogP contribution in [0.1, 0.15) is 17.9 Å². The van der Waals surface area contributed by atoms with Gasteiger partial charge in [-0.2, -0.15) is 0 Å². The Labute approximate surface area is 117 Å². The fourth-order valence-electron chi connectivity index (χ4n) is 2.37. The van der Waals surface area contributed by atoms with Gasteiger partial charge in [0.25, 0.3) is 0 Å². The van der Waals surface area contributed by atoms with E-state index in [-0.39, 0.29) is 5.92 Å². The molecule has 3 N–H and O–H groups in total. The van der Waals surface area contributed by atoms with E-state index < -0.39 is 24.6 Å². The Morgan fingerprint density at radius 3 is 2.65 bits per heavy atom. The van der Waals surface area contributed by atoms with Gasteiger partial charge in [-0.1, -0.05) is 30.3 Å². The third-order valence-corrected chi connectivity index (χ3v) is 3.52. The zero-order valence-electron chi connectivity index (χ0n) is 11.0. The average molecular weight is 278 g/mol. The van der Waals surface area contributed by atoms with Crippen LogP contribution >= 0.6 is 0 Å². The van der Waals surface area contributed by atoms with E-state index in [0.29, 0.717) is 13.1 Å². The number of carbonyl (C=O) groups is 2. The summed E-state index contributed by atoms with van der Waals surface area (Å²) in [5.74, 6) is -0.959. The highest BCUT2D eigenvalue weighted by Crippen LogP contribution is 2.26. The molecular weight excluding hydrogens is 260 g/mol. The van der Waals surface area contributed by atoms with Gasteiger partial charge in [-0.3, -0.25) is 0 Å². The van der Waals surface area contributed by atoms with Gasteiger partial charge in [0, 0.05) is 19.0 Å². The zero-order valence-corrected chi connectivity index (χ0v) is 11.0. The smallest absolute Gasteiger partial charge is 0.328 e. The molecule has 108 valence electrons. The first kappa shape index (κ1) is 14.3. The number of aliphatic carboxylic acids is 1. The van der Waals surface area contributed by atoms with E-state index in [4.69, 9.17) is 10.2 Å². The first-order valence-corrected chi connectivity index (χ1v) is 6.56. The van der Waals surface area contributed by atoms with Crippen molar-refractivity contribution in [2.45, 2.75) is 18.4 Å². The third-order valence-electron chi connectivity index (χ3n) is 3.52. The molecule has 0 aliphatic carbocycles. The highest BCUT2D eigenvalue weighted by atomic mass is 16.4. The highest BCUT2D eigenvalue weighted by molar-refractivity contribution is 5.82. The second-order valence-corrected chi connectivity index (χ2v) is 4.87. The van der Waals surface area contributed by atoms with Gasteiger partial charge in [0.15, 0.2) is 6.04 Å². The van der Waals surface area contributed by atoms with E-state index in [9.17, 15) is 9.59 Å². The molecule has 2 amide bonds. The summed E-state index contributed by atoms with van der Waals surface area (Å²) in [5, 5.41) is 20.0. The molecule has 1 aliphatic rings. The number of hydrogen-bond acceptors (Lipinski definition) is 3. The normalized spacial score (nSPS) is 19.6. The Bertz CT molecular complexity index is 477. The quantitative estimate of drug-likeness (QED) is 0.753. The van der Waals surface area contributed by atoms with Crippen molar-refractivity contribution in [2.75, 3.05) is 19.7 Å². The molecule has 6 nitrogen and oxygen atoms in total. The molecule has 0 saturated carbocycles. The minimum atomic E-state index is -1.25. The van der Waals surface area contributed by atoms with Gasteiger partial charge in [-0.25, -0.2) is 9.59 Å². The molecule has 2 unspecified atom stereocenters. The summed E-state index contributed by atoms with van der Waals surface area (Å²) in [4.78, 5) is 24.3. The average Bonchev–Trinajstić information content (AvgIpc) is 2.95. The van der Waals surface area contributed by atoms with Crippen LogP contribution in [0.5, 0.6) is 0 Å². The molecule has 0 radical (unpaired) electrons. The molecule has 1 aliphatic heterocycles. The number of benzene rings is 1. The topological polar surface area (TPSA) is 89.9 Å². The lowest BCUT2D eigenvalue weighted by atomic mass is 9.99. The van der Waals surface area contributed by atoms with Crippen molar-refractivity contribution in [2.24, 2.45) is 0 Å². The SMILES string of the molecule is O=C(O)C(CO)NC(=O)N1CCC(c2ccccc2)C1. The van der Waals surface area contributed by atoms with Gasteiger partial charge in [0.05, 0.1) is 6.61 Å². The summed E-state index contributed by atoms with van der Waals surface area (Å²) in [6.45, 7) is 0.536. The summed E-state index contributed by atoms with van der Waals surface area (Å²) < 4.78 is 0. The maximum Gasteiger partial charge on any atom is 0.328 e. The number of aliphatic hydroxyl groups is 1. The van der Waals surface area contributed by atoms with E-state index in [0.717, 1.165) is 6.42 Å². The number of likely N-dealkylation sites (tertiary alicyclic amines) is 1. The molecule has 1 aromatic carbocycles. The van der Waals surface area contributed by atoms with E-state index in [1.165, 1.54) is 5.56 Å². The Hall–Kier alpha value is -2.08. The largest absolute Gasteiger partial charge is 0.480 e. The summed E-state index contributed by atoms with van der Waals surface area (Å²) in [5.41, 5.74) is 1.18. The lowest BCUT2D eigenvalue weighted by Crippen LogP contribution is -2.48. The number of carboxylic acid groups (broad SMARTS) is 1. The fourth-order valence-corrected chi connectivity index (χ4v) is 2.37. The van der Waals surface area contributed by atoms with E-state index in [2.05, 4.69) is 5.32 Å². The summed E-state index contributed by atoms with van der Waals surface area (Å²) >= 11 is 0. The standard InChI is InChI=1S/C14H18N2O4/c17-9-12(13(18)19)15-14(20)16-7-6-11(8-16)10-4-2-1-3-5-10/h1-5,11-12,17H,6-9H2,(H,15,20)(H,18,19). The third kappa shape index (κ3) is 3.27. The molecule has 0 aromatic heterocycles. The number of nitrogens with zero attached hydrogens (tertiary/aromatic N) is 1. The number of carboxylic acids is 1.